The monoisotopic (exact) mass is 463 g/mol. The molecule has 8 heteroatoms. The quantitative estimate of drug-likeness (QED) is 0.317. The van der Waals surface area contributed by atoms with Crippen LogP contribution < -0.4 is 9.47 Å². The minimum Gasteiger partial charge on any atom is -0.507 e. The topological polar surface area (TPSA) is 95.1 Å². The number of hydrogen-bond donors (Lipinski definition) is 2. The zero-order valence-electron chi connectivity index (χ0n) is 20.0. The van der Waals surface area contributed by atoms with Gasteiger partial charge in [-0.15, -0.1) is 0 Å². The van der Waals surface area contributed by atoms with E-state index in [9.17, 15) is 14.7 Å². The highest BCUT2D eigenvalue weighted by molar-refractivity contribution is 6.46. The summed E-state index contributed by atoms with van der Waals surface area (Å²) in [6.45, 7) is 2.81. The molecule has 1 fully saturated rings. The van der Waals surface area contributed by atoms with Crippen molar-refractivity contribution in [3.63, 3.8) is 0 Å². The van der Waals surface area contributed by atoms with Gasteiger partial charge in [-0.1, -0.05) is 18.2 Å². The Hall–Kier alpha value is -3.78. The molecule has 4 rings (SSSR count). The number of methoxy groups -OCH3 is 2. The van der Waals surface area contributed by atoms with Crippen molar-refractivity contribution in [2.24, 2.45) is 0 Å². The smallest absolute Gasteiger partial charge is 0.295 e. The lowest BCUT2D eigenvalue weighted by molar-refractivity contribution is -0.140. The zero-order chi connectivity index (χ0) is 24.6. The van der Waals surface area contributed by atoms with Crippen LogP contribution in [0.5, 0.6) is 11.5 Å². The minimum atomic E-state index is -0.747. The number of aryl methyl sites for hydroxylation is 1. The maximum atomic E-state index is 13.4. The highest BCUT2D eigenvalue weighted by Crippen LogP contribution is 2.44. The van der Waals surface area contributed by atoms with Crippen molar-refractivity contribution in [3.05, 3.63) is 64.9 Å². The van der Waals surface area contributed by atoms with Crippen LogP contribution >= 0.6 is 0 Å². The van der Waals surface area contributed by atoms with Gasteiger partial charge in [0.05, 0.1) is 31.4 Å². The number of aromatic amines is 1. The number of nitrogens with one attached hydrogen (secondary N) is 1. The summed E-state index contributed by atoms with van der Waals surface area (Å²) in [5, 5.41) is 12.3. The third-order valence-electron chi connectivity index (χ3n) is 6.21. The molecule has 2 aromatic carbocycles. The van der Waals surface area contributed by atoms with E-state index in [1.54, 1.807) is 23.1 Å². The molecule has 3 aromatic rings. The van der Waals surface area contributed by atoms with Crippen molar-refractivity contribution in [2.75, 3.05) is 41.4 Å². The van der Waals surface area contributed by atoms with Crippen LogP contribution in [0.2, 0.25) is 0 Å². The van der Waals surface area contributed by atoms with Gasteiger partial charge in [0.1, 0.15) is 17.3 Å². The molecular weight excluding hydrogens is 434 g/mol. The molecule has 1 amide bonds. The van der Waals surface area contributed by atoms with Gasteiger partial charge in [0.25, 0.3) is 11.7 Å². The van der Waals surface area contributed by atoms with Gasteiger partial charge in [-0.2, -0.15) is 0 Å². The highest BCUT2D eigenvalue weighted by Gasteiger charge is 2.47. The fourth-order valence-corrected chi connectivity index (χ4v) is 4.51. The molecule has 1 unspecified atom stereocenters. The molecule has 0 aliphatic carbocycles. The lowest BCUT2D eigenvalue weighted by atomic mass is 9.93. The number of aromatic nitrogens is 1. The molecular formula is C26H29N3O5. The van der Waals surface area contributed by atoms with Crippen molar-refractivity contribution in [1.82, 2.24) is 14.8 Å². The predicted octanol–water partition coefficient (Wildman–Crippen LogP) is 3.48. The number of carbonyl (C=O) groups is 2. The van der Waals surface area contributed by atoms with E-state index >= 15 is 0 Å². The van der Waals surface area contributed by atoms with E-state index in [2.05, 4.69) is 4.98 Å². The first-order valence-corrected chi connectivity index (χ1v) is 11.0. The summed E-state index contributed by atoms with van der Waals surface area (Å²) in [5.74, 6) is -0.746. The van der Waals surface area contributed by atoms with E-state index in [1.807, 2.05) is 50.2 Å². The number of ketones is 1. The number of amides is 1. The predicted molar refractivity (Wildman–Crippen MR) is 130 cm³/mol. The standard InChI is InChI=1S/C26H29N3O5/c1-15-21(17-8-6-7-9-19(17)27-15)23-22(25(31)26(32)29(23)13-12-28(2)3)24(30)18-11-10-16(33-4)14-20(18)34-5/h6-11,14,23,27,30H,12-13H2,1-5H3/b24-22+. The van der Waals surface area contributed by atoms with E-state index in [1.165, 1.54) is 14.2 Å². The number of hydrogen-bond acceptors (Lipinski definition) is 6. The van der Waals surface area contributed by atoms with Gasteiger partial charge in [-0.3, -0.25) is 9.59 Å². The second-order valence-electron chi connectivity index (χ2n) is 8.57. The van der Waals surface area contributed by atoms with Crippen molar-refractivity contribution >= 4 is 28.4 Å². The number of likely N-dealkylation sites (N-methyl/N-ethyl adjacent to an activating group) is 1. The van der Waals surface area contributed by atoms with E-state index in [0.717, 1.165) is 22.2 Å². The summed E-state index contributed by atoms with van der Waals surface area (Å²) in [6, 6.07) is 11.9. The Balaban J connectivity index is 1.97. The maximum absolute atomic E-state index is 13.4. The first-order chi connectivity index (χ1) is 16.3. The molecule has 0 bridgehead atoms. The molecule has 178 valence electrons. The van der Waals surface area contributed by atoms with E-state index < -0.39 is 17.7 Å². The molecule has 0 spiro atoms. The van der Waals surface area contributed by atoms with Crippen LogP contribution in [-0.4, -0.2) is 73.0 Å². The molecule has 34 heavy (non-hydrogen) atoms. The third kappa shape index (κ3) is 3.90. The Morgan fingerprint density at radius 3 is 2.53 bits per heavy atom. The fourth-order valence-electron chi connectivity index (χ4n) is 4.51. The Morgan fingerprint density at radius 1 is 1.12 bits per heavy atom. The Bertz CT molecular complexity index is 1290. The van der Waals surface area contributed by atoms with E-state index in [-0.39, 0.29) is 11.3 Å². The SMILES string of the molecule is COc1ccc(/C(O)=C2\C(=O)C(=O)N(CCN(C)C)C2c2c(C)[nH]c3ccccc23)c(OC)c1. The van der Waals surface area contributed by atoms with Crippen LogP contribution in [0, 0.1) is 6.92 Å². The number of fused-ring (bicyclic) bond motifs is 1. The normalized spacial score (nSPS) is 17.7. The second kappa shape index (κ2) is 9.23. The number of carbonyl (C=O) groups excluding carboxylic acids is 2. The molecule has 1 aromatic heterocycles. The molecule has 1 saturated heterocycles. The number of para-hydroxylation sites is 1. The summed E-state index contributed by atoms with van der Waals surface area (Å²) in [4.78, 5) is 33.4. The van der Waals surface area contributed by atoms with Crippen LogP contribution in [0.25, 0.3) is 16.7 Å². The van der Waals surface area contributed by atoms with Gasteiger partial charge in [0.15, 0.2) is 0 Å². The van der Waals surface area contributed by atoms with Crippen LogP contribution in [0.1, 0.15) is 22.9 Å². The molecule has 0 radical (unpaired) electrons. The minimum absolute atomic E-state index is 0.0417. The Kier molecular flexibility index (Phi) is 6.34. The summed E-state index contributed by atoms with van der Waals surface area (Å²) < 4.78 is 10.7. The Morgan fingerprint density at radius 2 is 1.85 bits per heavy atom. The van der Waals surface area contributed by atoms with Crippen molar-refractivity contribution < 1.29 is 24.2 Å². The largest absolute Gasteiger partial charge is 0.507 e. The fraction of sp³-hybridized carbons (Fsp3) is 0.308. The number of Topliss-reactive ketones (excluding diaryl/α,β-unsaturated/α-hetero) is 1. The van der Waals surface area contributed by atoms with Crippen LogP contribution in [0.4, 0.5) is 0 Å². The highest BCUT2D eigenvalue weighted by atomic mass is 16.5. The van der Waals surface area contributed by atoms with Gasteiger partial charge in [-0.25, -0.2) is 0 Å². The lowest BCUT2D eigenvalue weighted by Crippen LogP contribution is -2.35. The van der Waals surface area contributed by atoms with Crippen LogP contribution in [0.15, 0.2) is 48.0 Å². The van der Waals surface area contributed by atoms with Gasteiger partial charge >= 0.3 is 0 Å². The number of likely N-dealkylation sites (tertiary alicyclic amines) is 1. The summed E-state index contributed by atoms with van der Waals surface area (Å²) in [6.07, 6.45) is 0. The number of aliphatic hydroxyl groups excluding tert-OH is 1. The molecule has 8 nitrogen and oxygen atoms in total. The summed E-state index contributed by atoms with van der Waals surface area (Å²) in [5.41, 5.74) is 2.88. The number of aliphatic hydroxyl groups is 1. The van der Waals surface area contributed by atoms with E-state index in [4.69, 9.17) is 9.47 Å². The summed E-state index contributed by atoms with van der Waals surface area (Å²) in [7, 11) is 6.82. The molecule has 1 aliphatic heterocycles. The van der Waals surface area contributed by atoms with Gasteiger partial charge < -0.3 is 29.4 Å². The first-order valence-electron chi connectivity index (χ1n) is 11.0. The van der Waals surface area contributed by atoms with Gasteiger partial charge in [0, 0.05) is 41.3 Å². The van der Waals surface area contributed by atoms with Crippen molar-refractivity contribution in [3.8, 4) is 11.5 Å². The van der Waals surface area contributed by atoms with Crippen LogP contribution in [-0.2, 0) is 9.59 Å². The summed E-state index contributed by atoms with van der Waals surface area (Å²) >= 11 is 0. The molecule has 1 aliphatic rings. The number of benzene rings is 2. The molecule has 2 N–H and O–H groups in total. The first kappa shape index (κ1) is 23.4. The molecule has 2 heterocycles. The van der Waals surface area contributed by atoms with E-state index in [0.29, 0.717) is 30.2 Å². The average molecular weight is 464 g/mol. The molecule has 0 saturated carbocycles. The number of rotatable bonds is 7. The van der Waals surface area contributed by atoms with Gasteiger partial charge in [-0.05, 0) is 39.2 Å². The molecule has 1 atom stereocenters. The van der Waals surface area contributed by atoms with Crippen molar-refractivity contribution in [2.45, 2.75) is 13.0 Å². The maximum Gasteiger partial charge on any atom is 0.295 e. The zero-order valence-corrected chi connectivity index (χ0v) is 20.0. The number of nitrogens with zero attached hydrogens (tertiary/aromatic N) is 2. The average Bonchev–Trinajstić information content (AvgIpc) is 3.28. The Labute approximate surface area is 198 Å². The van der Waals surface area contributed by atoms with Crippen molar-refractivity contribution in [1.29, 1.82) is 0 Å². The number of ether oxygens (including phenoxy) is 2. The van der Waals surface area contributed by atoms with Crippen LogP contribution in [0.3, 0.4) is 0 Å². The third-order valence-corrected chi connectivity index (χ3v) is 6.21. The van der Waals surface area contributed by atoms with Gasteiger partial charge in [0.2, 0.25) is 0 Å². The second-order valence-corrected chi connectivity index (χ2v) is 8.57. The lowest BCUT2D eigenvalue weighted by Gasteiger charge is -2.27. The number of H-pyrrole nitrogens is 1.